The summed E-state index contributed by atoms with van der Waals surface area (Å²) in [6, 6.07) is 7.87. The van der Waals surface area contributed by atoms with Gasteiger partial charge in [0.05, 0.1) is 6.61 Å². The van der Waals surface area contributed by atoms with Gasteiger partial charge in [-0.15, -0.1) is 0 Å². The second-order valence-corrected chi connectivity index (χ2v) is 4.17. The molecule has 0 bridgehead atoms. The molecule has 0 aliphatic carbocycles. The van der Waals surface area contributed by atoms with Crippen LogP contribution < -0.4 is 15.5 Å². The predicted octanol–water partition coefficient (Wildman–Crippen LogP) is 1.20. The van der Waals surface area contributed by atoms with E-state index in [1.165, 1.54) is 0 Å². The third kappa shape index (κ3) is 5.05. The van der Waals surface area contributed by atoms with Crippen LogP contribution in [-0.2, 0) is 11.3 Å². The van der Waals surface area contributed by atoms with E-state index < -0.39 is 0 Å². The van der Waals surface area contributed by atoms with Crippen molar-refractivity contribution in [2.75, 3.05) is 39.3 Å². The van der Waals surface area contributed by atoms with Crippen LogP contribution in [-0.4, -0.2) is 40.4 Å². The third-order valence-electron chi connectivity index (χ3n) is 2.47. The number of hydrogen-bond donors (Lipinski definition) is 2. The SMILES string of the molecule is COCCNC(=O)NCc1cccc(N(C)C)c1. The molecule has 0 radical (unpaired) electrons. The lowest BCUT2D eigenvalue weighted by Crippen LogP contribution is -2.36. The van der Waals surface area contributed by atoms with Gasteiger partial charge >= 0.3 is 6.03 Å². The Bertz CT molecular complexity index is 380. The molecular weight excluding hydrogens is 230 g/mol. The first-order chi connectivity index (χ1) is 8.63. The molecule has 0 fully saturated rings. The van der Waals surface area contributed by atoms with Crippen LogP contribution in [0.15, 0.2) is 24.3 Å². The highest BCUT2D eigenvalue weighted by Crippen LogP contribution is 2.12. The topological polar surface area (TPSA) is 53.6 Å². The van der Waals surface area contributed by atoms with Gasteiger partial charge in [0.1, 0.15) is 0 Å². The summed E-state index contributed by atoms with van der Waals surface area (Å²) in [6.45, 7) is 1.55. The first kappa shape index (κ1) is 14.3. The maximum absolute atomic E-state index is 11.4. The average Bonchev–Trinajstić information content (AvgIpc) is 2.37. The molecule has 1 aromatic rings. The molecule has 0 aliphatic heterocycles. The van der Waals surface area contributed by atoms with Gasteiger partial charge in [0.25, 0.3) is 0 Å². The zero-order chi connectivity index (χ0) is 13.4. The van der Waals surface area contributed by atoms with E-state index in [-0.39, 0.29) is 6.03 Å². The summed E-state index contributed by atoms with van der Waals surface area (Å²) >= 11 is 0. The van der Waals surface area contributed by atoms with Crippen molar-refractivity contribution in [3.05, 3.63) is 29.8 Å². The van der Waals surface area contributed by atoms with Gasteiger partial charge in [-0.1, -0.05) is 12.1 Å². The lowest BCUT2D eigenvalue weighted by molar-refractivity contribution is 0.196. The van der Waals surface area contributed by atoms with E-state index in [1.54, 1.807) is 7.11 Å². The number of nitrogens with one attached hydrogen (secondary N) is 2. The Balaban J connectivity index is 2.38. The number of rotatable bonds is 6. The molecule has 0 spiro atoms. The summed E-state index contributed by atoms with van der Waals surface area (Å²) in [4.78, 5) is 13.5. The molecule has 2 amide bonds. The van der Waals surface area contributed by atoms with Crippen LogP contribution in [0.25, 0.3) is 0 Å². The summed E-state index contributed by atoms with van der Waals surface area (Å²) in [5.41, 5.74) is 2.19. The van der Waals surface area contributed by atoms with Crippen molar-refractivity contribution >= 4 is 11.7 Å². The fourth-order valence-electron chi connectivity index (χ4n) is 1.46. The molecule has 0 saturated heterocycles. The lowest BCUT2D eigenvalue weighted by Gasteiger charge is -2.14. The van der Waals surface area contributed by atoms with Crippen molar-refractivity contribution in [2.45, 2.75) is 6.54 Å². The van der Waals surface area contributed by atoms with Gasteiger partial charge in [-0.05, 0) is 17.7 Å². The molecular formula is C13H21N3O2. The number of methoxy groups -OCH3 is 1. The van der Waals surface area contributed by atoms with Crippen LogP contribution in [0.3, 0.4) is 0 Å². The van der Waals surface area contributed by atoms with Gasteiger partial charge in [0.2, 0.25) is 0 Å². The van der Waals surface area contributed by atoms with Crippen LogP contribution in [0.2, 0.25) is 0 Å². The molecule has 5 nitrogen and oxygen atoms in total. The lowest BCUT2D eigenvalue weighted by atomic mass is 10.2. The van der Waals surface area contributed by atoms with E-state index in [2.05, 4.69) is 16.7 Å². The van der Waals surface area contributed by atoms with E-state index in [0.29, 0.717) is 19.7 Å². The minimum Gasteiger partial charge on any atom is -0.383 e. The summed E-state index contributed by atoms with van der Waals surface area (Å²) in [7, 11) is 5.58. The van der Waals surface area contributed by atoms with Crippen molar-refractivity contribution in [3.8, 4) is 0 Å². The first-order valence-corrected chi connectivity index (χ1v) is 5.90. The highest BCUT2D eigenvalue weighted by atomic mass is 16.5. The van der Waals surface area contributed by atoms with Crippen molar-refractivity contribution in [1.29, 1.82) is 0 Å². The molecule has 0 atom stereocenters. The van der Waals surface area contributed by atoms with Gasteiger partial charge in [0, 0.05) is 40.0 Å². The number of amides is 2. The van der Waals surface area contributed by atoms with Crippen LogP contribution in [0, 0.1) is 0 Å². The van der Waals surface area contributed by atoms with Crippen LogP contribution in [0.4, 0.5) is 10.5 Å². The highest BCUT2D eigenvalue weighted by Gasteiger charge is 2.01. The number of urea groups is 1. The fraction of sp³-hybridized carbons (Fsp3) is 0.462. The Labute approximate surface area is 108 Å². The largest absolute Gasteiger partial charge is 0.383 e. The summed E-state index contributed by atoms with van der Waals surface area (Å²) < 4.78 is 4.85. The van der Waals surface area contributed by atoms with Gasteiger partial charge < -0.3 is 20.3 Å². The van der Waals surface area contributed by atoms with Crippen molar-refractivity contribution in [2.24, 2.45) is 0 Å². The molecule has 0 aliphatic rings. The van der Waals surface area contributed by atoms with E-state index in [0.717, 1.165) is 11.3 Å². The van der Waals surface area contributed by atoms with E-state index >= 15 is 0 Å². The minimum absolute atomic E-state index is 0.178. The number of carbonyl (C=O) groups is 1. The van der Waals surface area contributed by atoms with E-state index in [1.807, 2.05) is 37.2 Å². The standard InChI is InChI=1S/C13H21N3O2/c1-16(2)12-6-4-5-11(9-12)10-15-13(17)14-7-8-18-3/h4-6,9H,7-8,10H2,1-3H3,(H2,14,15,17). The van der Waals surface area contributed by atoms with Crippen molar-refractivity contribution < 1.29 is 9.53 Å². The van der Waals surface area contributed by atoms with Crippen LogP contribution >= 0.6 is 0 Å². The normalized spacial score (nSPS) is 9.94. The van der Waals surface area contributed by atoms with Crippen molar-refractivity contribution in [1.82, 2.24) is 10.6 Å². The zero-order valence-electron chi connectivity index (χ0n) is 11.2. The fourth-order valence-corrected chi connectivity index (χ4v) is 1.46. The Hall–Kier alpha value is -1.75. The van der Waals surface area contributed by atoms with E-state index in [9.17, 15) is 4.79 Å². The monoisotopic (exact) mass is 251 g/mol. The third-order valence-corrected chi connectivity index (χ3v) is 2.47. The average molecular weight is 251 g/mol. The Morgan fingerprint density at radius 2 is 2.11 bits per heavy atom. The Morgan fingerprint density at radius 3 is 2.78 bits per heavy atom. The first-order valence-electron chi connectivity index (χ1n) is 5.90. The van der Waals surface area contributed by atoms with Gasteiger partial charge in [-0.3, -0.25) is 0 Å². The van der Waals surface area contributed by atoms with Crippen LogP contribution in [0.1, 0.15) is 5.56 Å². The highest BCUT2D eigenvalue weighted by molar-refractivity contribution is 5.73. The molecule has 1 aromatic carbocycles. The van der Waals surface area contributed by atoms with Crippen LogP contribution in [0.5, 0.6) is 0 Å². The molecule has 100 valence electrons. The second-order valence-electron chi connectivity index (χ2n) is 4.17. The number of nitrogens with zero attached hydrogens (tertiary/aromatic N) is 1. The summed E-state index contributed by atoms with van der Waals surface area (Å²) in [5.74, 6) is 0. The van der Waals surface area contributed by atoms with Crippen molar-refractivity contribution in [3.63, 3.8) is 0 Å². The molecule has 0 aromatic heterocycles. The number of carbonyl (C=O) groups excluding carboxylic acids is 1. The van der Waals surface area contributed by atoms with Gasteiger partial charge in [-0.2, -0.15) is 0 Å². The Kier molecular flexibility index (Phi) is 6.00. The number of benzene rings is 1. The molecule has 0 heterocycles. The second kappa shape index (κ2) is 7.55. The minimum atomic E-state index is -0.178. The Morgan fingerprint density at radius 1 is 1.33 bits per heavy atom. The maximum Gasteiger partial charge on any atom is 0.315 e. The quantitative estimate of drug-likeness (QED) is 0.747. The van der Waals surface area contributed by atoms with Gasteiger partial charge in [0.15, 0.2) is 0 Å². The number of hydrogen-bond acceptors (Lipinski definition) is 3. The molecule has 1 rings (SSSR count). The number of anilines is 1. The molecule has 0 unspecified atom stereocenters. The smallest absolute Gasteiger partial charge is 0.315 e. The molecule has 5 heteroatoms. The summed E-state index contributed by atoms with van der Waals surface area (Å²) in [6.07, 6.45) is 0. The molecule has 0 saturated carbocycles. The summed E-state index contributed by atoms with van der Waals surface area (Å²) in [5, 5.41) is 5.51. The molecule has 2 N–H and O–H groups in total. The maximum atomic E-state index is 11.4. The van der Waals surface area contributed by atoms with Gasteiger partial charge in [-0.25, -0.2) is 4.79 Å². The van der Waals surface area contributed by atoms with E-state index in [4.69, 9.17) is 4.74 Å². The number of ether oxygens (including phenoxy) is 1. The predicted molar refractivity (Wildman–Crippen MR) is 72.9 cm³/mol. The zero-order valence-corrected chi connectivity index (χ0v) is 11.2. The molecule has 18 heavy (non-hydrogen) atoms.